The lowest BCUT2D eigenvalue weighted by Gasteiger charge is -2.35. The van der Waals surface area contributed by atoms with Crippen LogP contribution in [0.5, 0.6) is 0 Å². The number of carbonyl (C=O) groups is 1. The maximum atomic E-state index is 11.5. The highest BCUT2D eigenvalue weighted by Crippen LogP contribution is 2.18. The zero-order valence-corrected chi connectivity index (χ0v) is 13.3. The van der Waals surface area contributed by atoms with E-state index in [1.54, 1.807) is 30.3 Å². The summed E-state index contributed by atoms with van der Waals surface area (Å²) in [6.07, 6.45) is 2.22. The molecule has 1 aliphatic heterocycles. The van der Waals surface area contributed by atoms with Gasteiger partial charge in [-0.2, -0.15) is 0 Å². The summed E-state index contributed by atoms with van der Waals surface area (Å²) in [5.74, 6) is 0.598. The first kappa shape index (κ1) is 15.6. The highest BCUT2D eigenvalue weighted by molar-refractivity contribution is 7.13. The third kappa shape index (κ3) is 4.32. The van der Waals surface area contributed by atoms with Crippen LogP contribution < -0.4 is 10.6 Å². The minimum absolute atomic E-state index is 0.0696. The van der Waals surface area contributed by atoms with E-state index in [9.17, 15) is 4.79 Å². The molecule has 0 aliphatic carbocycles. The van der Waals surface area contributed by atoms with Gasteiger partial charge >= 0.3 is 0 Å². The molecule has 0 atom stereocenters. The molecule has 116 valence electrons. The van der Waals surface area contributed by atoms with Gasteiger partial charge in [-0.25, -0.2) is 4.98 Å². The Bertz CT molecular complexity index is 479. The van der Waals surface area contributed by atoms with Crippen molar-refractivity contribution in [3.8, 4) is 0 Å². The van der Waals surface area contributed by atoms with Crippen molar-refractivity contribution in [2.24, 2.45) is 10.7 Å². The Kier molecular flexibility index (Phi) is 5.38. The van der Waals surface area contributed by atoms with E-state index in [-0.39, 0.29) is 5.91 Å². The fourth-order valence-corrected chi connectivity index (χ4v) is 2.79. The van der Waals surface area contributed by atoms with Crippen LogP contribution in [0, 0.1) is 0 Å². The van der Waals surface area contributed by atoms with Crippen LogP contribution in [-0.4, -0.2) is 73.5 Å². The molecule has 1 amide bonds. The highest BCUT2D eigenvalue weighted by Gasteiger charge is 2.19. The van der Waals surface area contributed by atoms with Gasteiger partial charge in [-0.15, -0.1) is 11.3 Å². The predicted molar refractivity (Wildman–Crippen MR) is 85.7 cm³/mol. The standard InChI is InChI=1S/C13H22N6OS/c1-17(2)11(20)3-4-15-12(14)18-6-8-19(9-7-18)13-16-5-10-21-13/h5,10H,3-4,6-9H2,1-2H3,(H2,14,15). The molecule has 2 N–H and O–H groups in total. The predicted octanol–water partition coefficient (Wildman–Crippen LogP) is 0.0581. The molecule has 0 aromatic carbocycles. The molecule has 1 fully saturated rings. The number of piperazine rings is 1. The van der Waals surface area contributed by atoms with Crippen LogP contribution in [0.2, 0.25) is 0 Å². The van der Waals surface area contributed by atoms with Gasteiger partial charge in [-0.3, -0.25) is 9.79 Å². The van der Waals surface area contributed by atoms with Gasteiger partial charge in [-0.05, 0) is 0 Å². The molecular formula is C13H22N6OS. The highest BCUT2D eigenvalue weighted by atomic mass is 32.1. The summed E-state index contributed by atoms with van der Waals surface area (Å²) in [4.78, 5) is 26.0. The first-order valence-electron chi connectivity index (χ1n) is 6.97. The van der Waals surface area contributed by atoms with Crippen LogP contribution in [0.25, 0.3) is 0 Å². The van der Waals surface area contributed by atoms with E-state index in [4.69, 9.17) is 5.73 Å². The van der Waals surface area contributed by atoms with E-state index in [0.29, 0.717) is 18.9 Å². The SMILES string of the molecule is CN(C)C(=O)CCN=C(N)N1CCN(c2nccs2)CC1. The molecule has 2 rings (SSSR count). The molecule has 1 aromatic heterocycles. The number of hydrogen-bond acceptors (Lipinski definition) is 5. The number of rotatable bonds is 4. The van der Waals surface area contributed by atoms with Gasteiger partial charge in [0.15, 0.2) is 11.1 Å². The molecule has 0 bridgehead atoms. The van der Waals surface area contributed by atoms with Crippen molar-refractivity contribution in [1.82, 2.24) is 14.8 Å². The van der Waals surface area contributed by atoms with Gasteiger partial charge < -0.3 is 20.4 Å². The summed E-state index contributed by atoms with van der Waals surface area (Å²) in [5.41, 5.74) is 5.99. The van der Waals surface area contributed by atoms with Crippen molar-refractivity contribution in [2.75, 3.05) is 51.7 Å². The third-order valence-corrected chi connectivity index (χ3v) is 4.22. The largest absolute Gasteiger partial charge is 0.370 e. The molecular weight excluding hydrogens is 288 g/mol. The Morgan fingerprint density at radius 3 is 2.71 bits per heavy atom. The van der Waals surface area contributed by atoms with Gasteiger partial charge in [0.05, 0.1) is 6.54 Å². The number of nitrogens with two attached hydrogens (primary N) is 1. The summed E-state index contributed by atoms with van der Waals surface area (Å²) in [6, 6.07) is 0. The quantitative estimate of drug-likeness (QED) is 0.628. The number of amides is 1. The summed E-state index contributed by atoms with van der Waals surface area (Å²) >= 11 is 1.65. The number of nitrogens with zero attached hydrogens (tertiary/aromatic N) is 5. The van der Waals surface area contributed by atoms with Gasteiger partial charge in [0, 0.05) is 58.3 Å². The van der Waals surface area contributed by atoms with Crippen molar-refractivity contribution in [1.29, 1.82) is 0 Å². The van der Waals surface area contributed by atoms with E-state index in [1.807, 2.05) is 11.6 Å². The van der Waals surface area contributed by atoms with Crippen molar-refractivity contribution in [3.05, 3.63) is 11.6 Å². The second kappa shape index (κ2) is 7.26. The van der Waals surface area contributed by atoms with Crippen molar-refractivity contribution >= 4 is 28.3 Å². The summed E-state index contributed by atoms with van der Waals surface area (Å²) in [5, 5.41) is 3.04. The van der Waals surface area contributed by atoms with E-state index < -0.39 is 0 Å². The van der Waals surface area contributed by atoms with Crippen molar-refractivity contribution in [3.63, 3.8) is 0 Å². The second-order valence-corrected chi connectivity index (χ2v) is 5.94. The minimum Gasteiger partial charge on any atom is -0.370 e. The minimum atomic E-state index is 0.0696. The normalized spacial score (nSPS) is 16.2. The maximum Gasteiger partial charge on any atom is 0.223 e. The van der Waals surface area contributed by atoms with Crippen LogP contribution in [-0.2, 0) is 4.79 Å². The molecule has 8 heteroatoms. The van der Waals surface area contributed by atoms with Crippen LogP contribution in [0.4, 0.5) is 5.13 Å². The van der Waals surface area contributed by atoms with Gasteiger partial charge in [0.1, 0.15) is 0 Å². The zero-order valence-electron chi connectivity index (χ0n) is 12.5. The topological polar surface area (TPSA) is 78.1 Å². The molecule has 1 aromatic rings. The number of guanidine groups is 1. The van der Waals surface area contributed by atoms with Gasteiger partial charge in [0.2, 0.25) is 5.91 Å². The lowest BCUT2D eigenvalue weighted by molar-refractivity contribution is -0.128. The Balaban J connectivity index is 1.77. The first-order valence-corrected chi connectivity index (χ1v) is 7.85. The maximum absolute atomic E-state index is 11.5. The smallest absolute Gasteiger partial charge is 0.223 e. The van der Waals surface area contributed by atoms with E-state index in [2.05, 4.69) is 19.8 Å². The molecule has 1 aliphatic rings. The molecule has 21 heavy (non-hydrogen) atoms. The fourth-order valence-electron chi connectivity index (χ4n) is 2.09. The average molecular weight is 310 g/mol. The Morgan fingerprint density at radius 2 is 2.14 bits per heavy atom. The third-order valence-electron chi connectivity index (χ3n) is 3.39. The number of hydrogen-bond donors (Lipinski definition) is 1. The lowest BCUT2D eigenvalue weighted by Crippen LogP contribution is -2.51. The Hall–Kier alpha value is -1.83. The first-order chi connectivity index (χ1) is 10.1. The van der Waals surface area contributed by atoms with Crippen LogP contribution in [0.15, 0.2) is 16.6 Å². The summed E-state index contributed by atoms with van der Waals surface area (Å²) in [6.45, 7) is 3.88. The number of aliphatic imine (C=N–C) groups is 1. The molecule has 0 unspecified atom stereocenters. The molecule has 0 radical (unpaired) electrons. The number of thiazole rings is 1. The van der Waals surface area contributed by atoms with Crippen molar-refractivity contribution < 1.29 is 4.79 Å². The second-order valence-electron chi connectivity index (χ2n) is 5.07. The fraction of sp³-hybridized carbons (Fsp3) is 0.615. The van der Waals surface area contributed by atoms with Crippen molar-refractivity contribution in [2.45, 2.75) is 6.42 Å². The molecule has 0 spiro atoms. The van der Waals surface area contributed by atoms with Crippen LogP contribution in [0.1, 0.15) is 6.42 Å². The molecule has 0 saturated carbocycles. The van der Waals surface area contributed by atoms with E-state index >= 15 is 0 Å². The molecule has 7 nitrogen and oxygen atoms in total. The molecule has 2 heterocycles. The zero-order chi connectivity index (χ0) is 15.2. The molecule has 1 saturated heterocycles. The summed E-state index contributed by atoms with van der Waals surface area (Å²) in [7, 11) is 3.49. The monoisotopic (exact) mass is 310 g/mol. The average Bonchev–Trinajstić information content (AvgIpc) is 3.01. The van der Waals surface area contributed by atoms with Crippen LogP contribution in [0.3, 0.4) is 0 Å². The van der Waals surface area contributed by atoms with Gasteiger partial charge in [0.25, 0.3) is 0 Å². The van der Waals surface area contributed by atoms with Gasteiger partial charge in [-0.1, -0.05) is 0 Å². The lowest BCUT2D eigenvalue weighted by atomic mass is 10.3. The summed E-state index contributed by atoms with van der Waals surface area (Å²) < 4.78 is 0. The Labute approximate surface area is 129 Å². The Morgan fingerprint density at radius 1 is 1.43 bits per heavy atom. The van der Waals surface area contributed by atoms with Crippen LogP contribution >= 0.6 is 11.3 Å². The van der Waals surface area contributed by atoms with E-state index in [1.165, 1.54) is 0 Å². The number of anilines is 1. The number of aromatic nitrogens is 1. The number of carbonyl (C=O) groups excluding carboxylic acids is 1. The van der Waals surface area contributed by atoms with E-state index in [0.717, 1.165) is 31.3 Å².